The highest BCUT2D eigenvalue weighted by molar-refractivity contribution is 14.2. The van der Waals surface area contributed by atoms with Crippen molar-refractivity contribution in [1.29, 1.82) is 0 Å². The maximum Gasteiger partial charge on any atom is 0.273 e. The molecule has 3 atom stereocenters. The van der Waals surface area contributed by atoms with Gasteiger partial charge in [-0.15, -0.1) is 0 Å². The van der Waals surface area contributed by atoms with Crippen LogP contribution in [0.5, 0.6) is 0 Å². The molecule has 3 unspecified atom stereocenters. The fraction of sp³-hybridized carbons (Fsp3) is 0.500. The number of hydrogen-bond acceptors (Lipinski definition) is 2. The summed E-state index contributed by atoms with van der Waals surface area (Å²) < 4.78 is 0.551. The molecule has 0 aliphatic heterocycles. The second-order valence-electron chi connectivity index (χ2n) is 4.74. The van der Waals surface area contributed by atoms with Gasteiger partial charge in [0, 0.05) is 11.6 Å². The first kappa shape index (κ1) is 12.1. The van der Waals surface area contributed by atoms with Crippen molar-refractivity contribution in [2.45, 2.75) is 26.6 Å². The molecule has 5 heteroatoms. The van der Waals surface area contributed by atoms with Gasteiger partial charge < -0.3 is 0 Å². The maximum atomic E-state index is 11.1. The molecule has 2 aliphatic carbocycles. The number of hydrogen-bond donors (Lipinski definition) is 0. The lowest BCUT2D eigenvalue weighted by Gasteiger charge is -2.16. The summed E-state index contributed by atoms with van der Waals surface area (Å²) in [5.41, 5.74) is 2.63. The minimum absolute atomic E-state index is 0.216. The number of nitro benzene ring substituents is 1. The van der Waals surface area contributed by atoms with E-state index in [4.69, 9.17) is 0 Å². The average molecular weight is 455 g/mol. The quantitative estimate of drug-likeness (QED) is 0.288. The van der Waals surface area contributed by atoms with E-state index in [2.05, 4.69) is 51.2 Å². The molecular weight excluding hydrogens is 444 g/mol. The van der Waals surface area contributed by atoms with Crippen molar-refractivity contribution in [1.82, 2.24) is 0 Å². The van der Waals surface area contributed by atoms with Gasteiger partial charge in [0.2, 0.25) is 0 Å². The third-order valence-corrected chi connectivity index (χ3v) is 5.75. The summed E-state index contributed by atoms with van der Waals surface area (Å²) in [6.45, 7) is 0. The predicted octanol–water partition coefficient (Wildman–Crippen LogP) is 4.38. The van der Waals surface area contributed by atoms with Crippen LogP contribution in [0.25, 0.3) is 0 Å². The highest BCUT2D eigenvalue weighted by Crippen LogP contribution is 2.62. The highest BCUT2D eigenvalue weighted by Gasteiger charge is 2.50. The maximum absolute atomic E-state index is 11.1. The minimum atomic E-state index is -0.216. The molecule has 0 radical (unpaired) electrons. The first-order valence-corrected chi connectivity index (χ1v) is 8.15. The third-order valence-electron chi connectivity index (χ3n) is 4.09. The lowest BCUT2D eigenvalue weighted by Crippen LogP contribution is -2.11. The molecule has 2 bridgehead atoms. The second kappa shape index (κ2) is 4.32. The summed E-state index contributed by atoms with van der Waals surface area (Å²) in [6, 6.07) is 5.59. The average Bonchev–Trinajstić information content (AvgIpc) is 2.84. The normalized spacial score (nSPS) is 29.7. The van der Waals surface area contributed by atoms with Crippen LogP contribution >= 0.6 is 45.2 Å². The van der Waals surface area contributed by atoms with Crippen LogP contribution in [0, 0.1) is 16.0 Å². The van der Waals surface area contributed by atoms with Crippen LogP contribution in [0.1, 0.15) is 35.8 Å². The number of rotatable bonds is 2. The Bertz CT molecular complexity index is 489. The molecule has 0 spiro atoms. The van der Waals surface area contributed by atoms with E-state index in [9.17, 15) is 10.1 Å². The second-order valence-corrected chi connectivity index (χ2v) is 9.81. The smallest absolute Gasteiger partial charge is 0.258 e. The SMILES string of the molecule is O=[N+]([O-])c1cccc2c1C1CCC2C1C(I)I. The zero-order valence-corrected chi connectivity index (χ0v) is 13.3. The van der Waals surface area contributed by atoms with Crippen molar-refractivity contribution < 1.29 is 4.92 Å². The predicted molar refractivity (Wildman–Crippen MR) is 83.1 cm³/mol. The Kier molecular flexibility index (Phi) is 3.09. The molecule has 1 aromatic carbocycles. The topological polar surface area (TPSA) is 43.1 Å². The van der Waals surface area contributed by atoms with E-state index in [-0.39, 0.29) is 4.92 Å². The van der Waals surface area contributed by atoms with Gasteiger partial charge in [-0.3, -0.25) is 10.1 Å². The van der Waals surface area contributed by atoms with E-state index in [1.54, 1.807) is 6.07 Å². The fourth-order valence-corrected chi connectivity index (χ4v) is 5.54. The van der Waals surface area contributed by atoms with E-state index in [0.717, 1.165) is 12.0 Å². The summed E-state index contributed by atoms with van der Waals surface area (Å²) in [6.07, 6.45) is 2.32. The van der Waals surface area contributed by atoms with Crippen molar-refractivity contribution in [2.24, 2.45) is 5.92 Å². The van der Waals surface area contributed by atoms with Gasteiger partial charge in [-0.1, -0.05) is 57.3 Å². The number of nitrogens with zero attached hydrogens (tertiary/aromatic N) is 1. The minimum Gasteiger partial charge on any atom is -0.258 e. The lowest BCUT2D eigenvalue weighted by atomic mass is 9.90. The zero-order chi connectivity index (χ0) is 12.2. The zero-order valence-electron chi connectivity index (χ0n) is 8.98. The van der Waals surface area contributed by atoms with Crippen LogP contribution in [0.4, 0.5) is 5.69 Å². The van der Waals surface area contributed by atoms with E-state index in [0.29, 0.717) is 25.4 Å². The van der Waals surface area contributed by atoms with Gasteiger partial charge in [-0.25, -0.2) is 0 Å². The largest absolute Gasteiger partial charge is 0.273 e. The Morgan fingerprint density at radius 1 is 1.29 bits per heavy atom. The van der Waals surface area contributed by atoms with Crippen molar-refractivity contribution in [3.05, 3.63) is 39.4 Å². The Hall–Kier alpha value is 0.0800. The van der Waals surface area contributed by atoms with Gasteiger partial charge in [0.25, 0.3) is 5.69 Å². The van der Waals surface area contributed by atoms with E-state index >= 15 is 0 Å². The van der Waals surface area contributed by atoms with E-state index in [1.165, 1.54) is 12.0 Å². The summed E-state index contributed by atoms with van der Waals surface area (Å²) >= 11 is 4.92. The molecule has 0 amide bonds. The number of fused-ring (bicyclic) bond motifs is 5. The molecule has 90 valence electrons. The molecule has 0 saturated heterocycles. The van der Waals surface area contributed by atoms with Crippen LogP contribution < -0.4 is 0 Å². The van der Waals surface area contributed by atoms with Crippen molar-refractivity contribution in [3.63, 3.8) is 0 Å². The van der Waals surface area contributed by atoms with Gasteiger partial charge in [-0.05, 0) is 36.2 Å². The summed E-state index contributed by atoms with van der Waals surface area (Å²) in [7, 11) is 0. The van der Waals surface area contributed by atoms with Gasteiger partial charge in [0.1, 0.15) is 0 Å². The molecule has 1 saturated carbocycles. The Morgan fingerprint density at radius 2 is 2.00 bits per heavy atom. The van der Waals surface area contributed by atoms with Crippen LogP contribution in [-0.4, -0.2) is 6.85 Å². The fourth-order valence-electron chi connectivity index (χ4n) is 3.53. The van der Waals surface area contributed by atoms with Crippen molar-refractivity contribution in [3.8, 4) is 0 Å². The molecule has 1 fully saturated rings. The Balaban J connectivity index is 2.15. The molecule has 17 heavy (non-hydrogen) atoms. The number of benzene rings is 1. The first-order chi connectivity index (χ1) is 8.11. The highest BCUT2D eigenvalue weighted by atomic mass is 127. The molecule has 3 rings (SSSR count). The number of halogens is 2. The van der Waals surface area contributed by atoms with Crippen LogP contribution in [0.2, 0.25) is 0 Å². The van der Waals surface area contributed by atoms with Crippen molar-refractivity contribution >= 4 is 50.9 Å². The molecular formula is C12H11I2NO2. The summed E-state index contributed by atoms with van der Waals surface area (Å²) in [5, 5.41) is 11.1. The Morgan fingerprint density at radius 3 is 2.65 bits per heavy atom. The lowest BCUT2D eigenvalue weighted by molar-refractivity contribution is -0.385. The number of alkyl halides is 2. The first-order valence-electron chi connectivity index (χ1n) is 5.66. The molecule has 0 aromatic heterocycles. The van der Waals surface area contributed by atoms with Crippen LogP contribution in [0.15, 0.2) is 18.2 Å². The van der Waals surface area contributed by atoms with Gasteiger partial charge in [0.05, 0.1) is 6.85 Å². The van der Waals surface area contributed by atoms with Crippen LogP contribution in [-0.2, 0) is 0 Å². The molecule has 0 N–H and O–H groups in total. The van der Waals surface area contributed by atoms with E-state index in [1.807, 2.05) is 6.07 Å². The standard InChI is InChI=1S/C12H11I2NO2/c13-12(14)11-7-4-5-8(11)10-6(7)2-1-3-9(10)15(16)17/h1-3,7-8,11-12H,4-5H2. The van der Waals surface area contributed by atoms with Crippen LogP contribution in [0.3, 0.4) is 0 Å². The summed E-state index contributed by atoms with van der Waals surface area (Å²) in [5.74, 6) is 1.55. The molecule has 0 heterocycles. The third kappa shape index (κ3) is 1.72. The molecule has 3 nitrogen and oxygen atoms in total. The van der Waals surface area contributed by atoms with E-state index < -0.39 is 0 Å². The molecule has 2 aliphatic rings. The Labute approximate surface area is 127 Å². The monoisotopic (exact) mass is 455 g/mol. The van der Waals surface area contributed by atoms with Gasteiger partial charge in [-0.2, -0.15) is 0 Å². The van der Waals surface area contributed by atoms with Crippen molar-refractivity contribution in [2.75, 3.05) is 0 Å². The molecule has 1 aromatic rings. The van der Waals surface area contributed by atoms with Gasteiger partial charge in [0.15, 0.2) is 0 Å². The summed E-state index contributed by atoms with van der Waals surface area (Å²) in [4.78, 5) is 10.9. The van der Waals surface area contributed by atoms with Gasteiger partial charge >= 0.3 is 0 Å². The number of nitro groups is 1.